The summed E-state index contributed by atoms with van der Waals surface area (Å²) in [7, 11) is 1.46. The molecule has 1 aromatic carbocycles. The van der Waals surface area contributed by atoms with Crippen molar-refractivity contribution in [1.29, 1.82) is 0 Å². The number of methoxy groups -OCH3 is 1. The molecular formula is C16H23FO2. The molecule has 1 saturated carbocycles. The molecule has 0 unspecified atom stereocenters. The first-order chi connectivity index (χ1) is 9.08. The quantitative estimate of drug-likeness (QED) is 0.900. The molecule has 0 spiro atoms. The van der Waals surface area contributed by atoms with E-state index in [1.165, 1.54) is 13.5 Å². The molecule has 1 aromatic rings. The highest BCUT2D eigenvalue weighted by molar-refractivity contribution is 5.32. The number of rotatable bonds is 4. The molecule has 0 aromatic heterocycles. The molecule has 0 radical (unpaired) electrons. The van der Waals surface area contributed by atoms with Gasteiger partial charge in [0.15, 0.2) is 11.6 Å². The van der Waals surface area contributed by atoms with E-state index in [1.54, 1.807) is 18.2 Å². The Morgan fingerprint density at radius 3 is 2.63 bits per heavy atom. The minimum absolute atomic E-state index is 0.253. The highest BCUT2D eigenvalue weighted by Gasteiger charge is 2.33. The zero-order valence-electron chi connectivity index (χ0n) is 11.8. The van der Waals surface area contributed by atoms with E-state index in [-0.39, 0.29) is 11.6 Å². The average Bonchev–Trinajstić information content (AvgIpc) is 2.42. The number of aliphatic hydroxyl groups is 1. The largest absolute Gasteiger partial charge is 0.494 e. The van der Waals surface area contributed by atoms with Crippen LogP contribution in [-0.4, -0.2) is 17.8 Å². The molecule has 1 fully saturated rings. The van der Waals surface area contributed by atoms with Crippen molar-refractivity contribution in [1.82, 2.24) is 0 Å². The number of halogens is 1. The van der Waals surface area contributed by atoms with Gasteiger partial charge in [-0.15, -0.1) is 0 Å². The van der Waals surface area contributed by atoms with E-state index in [9.17, 15) is 9.50 Å². The van der Waals surface area contributed by atoms with Crippen LogP contribution in [0.15, 0.2) is 18.2 Å². The van der Waals surface area contributed by atoms with Crippen LogP contribution in [0, 0.1) is 11.7 Å². The van der Waals surface area contributed by atoms with Gasteiger partial charge in [0.05, 0.1) is 12.7 Å². The van der Waals surface area contributed by atoms with Crippen LogP contribution in [0.25, 0.3) is 0 Å². The lowest BCUT2D eigenvalue weighted by Crippen LogP contribution is -2.36. The molecule has 106 valence electrons. The zero-order chi connectivity index (χ0) is 13.9. The number of ether oxygens (including phenoxy) is 1. The maximum atomic E-state index is 14.1. The van der Waals surface area contributed by atoms with Gasteiger partial charge in [0.2, 0.25) is 0 Å². The summed E-state index contributed by atoms with van der Waals surface area (Å²) in [5, 5.41) is 10.6. The zero-order valence-corrected chi connectivity index (χ0v) is 11.8. The summed E-state index contributed by atoms with van der Waals surface area (Å²) in [6, 6.07) is 5.12. The van der Waals surface area contributed by atoms with Crippen molar-refractivity contribution >= 4 is 0 Å². The topological polar surface area (TPSA) is 29.5 Å². The second-order valence-electron chi connectivity index (χ2n) is 5.69. The Morgan fingerprint density at radius 2 is 2.05 bits per heavy atom. The van der Waals surface area contributed by atoms with Crippen molar-refractivity contribution in [3.63, 3.8) is 0 Å². The van der Waals surface area contributed by atoms with Gasteiger partial charge in [-0.1, -0.05) is 25.5 Å². The van der Waals surface area contributed by atoms with Crippen molar-refractivity contribution in [3.05, 3.63) is 29.6 Å². The van der Waals surface area contributed by atoms with Gasteiger partial charge in [-0.25, -0.2) is 4.39 Å². The molecule has 1 N–H and O–H groups in total. The smallest absolute Gasteiger partial charge is 0.168 e. The maximum absolute atomic E-state index is 14.1. The van der Waals surface area contributed by atoms with Crippen LogP contribution >= 0.6 is 0 Å². The standard InChI is InChI=1S/C16H23FO2/c1-3-12-7-9-16(18,10-8-12)11-13-5-4-6-14(19-2)15(13)17/h4-6,12,18H,3,7-11H2,1-2H3. The Kier molecular flexibility index (Phi) is 4.46. The summed E-state index contributed by atoms with van der Waals surface area (Å²) in [5.74, 6) is 0.634. The fourth-order valence-corrected chi connectivity index (χ4v) is 3.00. The van der Waals surface area contributed by atoms with Crippen LogP contribution in [0.1, 0.15) is 44.6 Å². The Morgan fingerprint density at radius 1 is 1.37 bits per heavy atom. The number of hydrogen-bond donors (Lipinski definition) is 1. The minimum atomic E-state index is -0.751. The van der Waals surface area contributed by atoms with Crippen molar-refractivity contribution in [2.75, 3.05) is 7.11 Å². The van der Waals surface area contributed by atoms with E-state index in [2.05, 4.69) is 6.92 Å². The first-order valence-corrected chi connectivity index (χ1v) is 7.12. The van der Waals surface area contributed by atoms with Gasteiger partial charge in [-0.05, 0) is 43.2 Å². The van der Waals surface area contributed by atoms with Gasteiger partial charge in [-0.2, -0.15) is 0 Å². The van der Waals surface area contributed by atoms with Gasteiger partial charge in [0.1, 0.15) is 0 Å². The molecule has 0 aliphatic heterocycles. The molecule has 1 aliphatic rings. The molecular weight excluding hydrogens is 243 g/mol. The monoisotopic (exact) mass is 266 g/mol. The fraction of sp³-hybridized carbons (Fsp3) is 0.625. The second kappa shape index (κ2) is 5.91. The Bertz CT molecular complexity index is 423. The van der Waals surface area contributed by atoms with E-state index >= 15 is 0 Å². The van der Waals surface area contributed by atoms with Gasteiger partial charge in [-0.3, -0.25) is 0 Å². The normalized spacial score (nSPS) is 27.3. The predicted octanol–water partition coefficient (Wildman–Crippen LogP) is 3.71. The van der Waals surface area contributed by atoms with Crippen molar-refractivity contribution in [2.24, 2.45) is 5.92 Å². The molecule has 3 heteroatoms. The van der Waals surface area contributed by atoms with Gasteiger partial charge in [0.25, 0.3) is 0 Å². The molecule has 0 bridgehead atoms. The predicted molar refractivity (Wildman–Crippen MR) is 73.9 cm³/mol. The third kappa shape index (κ3) is 3.27. The molecule has 0 amide bonds. The molecule has 19 heavy (non-hydrogen) atoms. The molecule has 2 rings (SSSR count). The molecule has 1 aliphatic carbocycles. The maximum Gasteiger partial charge on any atom is 0.168 e. The van der Waals surface area contributed by atoms with Gasteiger partial charge >= 0.3 is 0 Å². The van der Waals surface area contributed by atoms with Crippen LogP contribution < -0.4 is 4.74 Å². The minimum Gasteiger partial charge on any atom is -0.494 e. The third-order valence-electron chi connectivity index (χ3n) is 4.40. The Hall–Kier alpha value is -1.09. The average molecular weight is 266 g/mol. The molecule has 0 heterocycles. The molecule has 0 saturated heterocycles. The van der Waals surface area contributed by atoms with E-state index < -0.39 is 5.60 Å². The van der Waals surface area contributed by atoms with E-state index in [0.717, 1.165) is 31.6 Å². The summed E-state index contributed by atoms with van der Waals surface area (Å²) >= 11 is 0. The van der Waals surface area contributed by atoms with Crippen molar-refractivity contribution < 1.29 is 14.2 Å². The molecule has 0 atom stereocenters. The van der Waals surface area contributed by atoms with Crippen LogP contribution in [-0.2, 0) is 6.42 Å². The van der Waals surface area contributed by atoms with Gasteiger partial charge in [0, 0.05) is 6.42 Å². The Balaban J connectivity index is 2.09. The van der Waals surface area contributed by atoms with Crippen LogP contribution in [0.2, 0.25) is 0 Å². The highest BCUT2D eigenvalue weighted by atomic mass is 19.1. The van der Waals surface area contributed by atoms with Gasteiger partial charge < -0.3 is 9.84 Å². The third-order valence-corrected chi connectivity index (χ3v) is 4.40. The van der Waals surface area contributed by atoms with Crippen LogP contribution in [0.5, 0.6) is 5.75 Å². The summed E-state index contributed by atoms with van der Waals surface area (Å²) in [6.07, 6.45) is 5.16. The second-order valence-corrected chi connectivity index (χ2v) is 5.69. The van der Waals surface area contributed by atoms with E-state index in [0.29, 0.717) is 12.0 Å². The van der Waals surface area contributed by atoms with Crippen molar-refractivity contribution in [2.45, 2.75) is 51.0 Å². The van der Waals surface area contributed by atoms with Crippen molar-refractivity contribution in [3.8, 4) is 5.75 Å². The van der Waals surface area contributed by atoms with Crippen LogP contribution in [0.3, 0.4) is 0 Å². The van der Waals surface area contributed by atoms with E-state index in [4.69, 9.17) is 4.74 Å². The summed E-state index contributed by atoms with van der Waals surface area (Å²) in [5.41, 5.74) is -0.199. The fourth-order valence-electron chi connectivity index (χ4n) is 3.00. The highest BCUT2D eigenvalue weighted by Crippen LogP contribution is 2.36. The summed E-state index contributed by atoms with van der Waals surface area (Å²) in [6.45, 7) is 2.19. The van der Waals surface area contributed by atoms with Crippen LogP contribution in [0.4, 0.5) is 4.39 Å². The summed E-state index contributed by atoms with van der Waals surface area (Å²) in [4.78, 5) is 0. The lowest BCUT2D eigenvalue weighted by atomic mass is 9.75. The lowest BCUT2D eigenvalue weighted by Gasteiger charge is -2.36. The van der Waals surface area contributed by atoms with E-state index in [1.807, 2.05) is 0 Å². The number of benzene rings is 1. The summed E-state index contributed by atoms with van der Waals surface area (Å²) < 4.78 is 19.1. The molecule has 2 nitrogen and oxygen atoms in total. The first kappa shape index (κ1) is 14.3. The first-order valence-electron chi connectivity index (χ1n) is 7.12. The number of hydrogen-bond acceptors (Lipinski definition) is 2. The lowest BCUT2D eigenvalue weighted by molar-refractivity contribution is -0.00989. The SMILES string of the molecule is CCC1CCC(O)(Cc2cccc(OC)c2F)CC1. The Labute approximate surface area is 114 Å².